The first-order chi connectivity index (χ1) is 14.5. The fourth-order valence-electron chi connectivity index (χ4n) is 4.26. The Morgan fingerprint density at radius 3 is 2.40 bits per heavy atom. The molecule has 2 aliphatic rings. The van der Waals surface area contributed by atoms with Crippen molar-refractivity contribution in [1.82, 2.24) is 14.1 Å². The molecular weight excluding hydrogens is 398 g/mol. The Labute approximate surface area is 179 Å². The number of hydrogen-bond donors (Lipinski definition) is 0. The van der Waals surface area contributed by atoms with E-state index in [9.17, 15) is 13.2 Å². The largest absolute Gasteiger partial charge is 0.334 e. The number of carbonyl (C=O) groups excluding carboxylic acids is 1. The lowest BCUT2D eigenvalue weighted by molar-refractivity contribution is 0.0734. The van der Waals surface area contributed by atoms with Crippen LogP contribution in [-0.2, 0) is 29.5 Å². The highest BCUT2D eigenvalue weighted by Gasteiger charge is 2.26. The summed E-state index contributed by atoms with van der Waals surface area (Å²) in [5.74, 6) is 0.225. The summed E-state index contributed by atoms with van der Waals surface area (Å²) in [6, 6.07) is 16.2. The molecule has 7 heteroatoms. The van der Waals surface area contributed by atoms with E-state index < -0.39 is 10.0 Å². The van der Waals surface area contributed by atoms with E-state index >= 15 is 0 Å². The van der Waals surface area contributed by atoms with E-state index in [-0.39, 0.29) is 11.7 Å². The number of nitrogens with zero attached hydrogens (tertiary/aromatic N) is 3. The van der Waals surface area contributed by atoms with Crippen LogP contribution in [-0.4, -0.2) is 66.9 Å². The van der Waals surface area contributed by atoms with Crippen LogP contribution < -0.4 is 0 Å². The Hall–Kier alpha value is -2.22. The number of amides is 1. The maximum absolute atomic E-state index is 13.1. The Kier molecular flexibility index (Phi) is 6.22. The first kappa shape index (κ1) is 21.0. The first-order valence-electron chi connectivity index (χ1n) is 10.6. The zero-order chi connectivity index (χ0) is 21.1. The molecule has 0 saturated carbocycles. The molecule has 1 fully saturated rings. The van der Waals surface area contributed by atoms with Crippen LogP contribution in [0.25, 0.3) is 0 Å². The quantitative estimate of drug-likeness (QED) is 0.735. The van der Waals surface area contributed by atoms with E-state index in [2.05, 4.69) is 23.1 Å². The second kappa shape index (κ2) is 8.88. The smallest absolute Gasteiger partial charge is 0.254 e. The van der Waals surface area contributed by atoms with Gasteiger partial charge in [-0.1, -0.05) is 36.4 Å². The number of benzene rings is 2. The maximum Gasteiger partial charge on any atom is 0.254 e. The molecule has 30 heavy (non-hydrogen) atoms. The number of fused-ring (bicyclic) bond motifs is 1. The third-order valence-electron chi connectivity index (χ3n) is 6.09. The molecule has 0 aromatic heterocycles. The summed E-state index contributed by atoms with van der Waals surface area (Å²) in [5.41, 5.74) is 4.37. The van der Waals surface area contributed by atoms with Gasteiger partial charge in [0.2, 0.25) is 10.0 Å². The van der Waals surface area contributed by atoms with E-state index in [1.807, 2.05) is 35.2 Å². The van der Waals surface area contributed by atoms with Crippen molar-refractivity contribution in [2.75, 3.05) is 38.5 Å². The van der Waals surface area contributed by atoms with Gasteiger partial charge in [-0.25, -0.2) is 8.42 Å². The summed E-state index contributed by atoms with van der Waals surface area (Å²) in [6.45, 7) is 6.29. The Morgan fingerprint density at radius 1 is 0.933 bits per heavy atom. The molecule has 0 bridgehead atoms. The lowest BCUT2D eigenvalue weighted by Gasteiger charge is -2.34. The zero-order valence-corrected chi connectivity index (χ0v) is 18.3. The van der Waals surface area contributed by atoms with E-state index in [4.69, 9.17) is 0 Å². The Balaban J connectivity index is 1.38. The van der Waals surface area contributed by atoms with Crippen molar-refractivity contribution in [3.8, 4) is 0 Å². The van der Waals surface area contributed by atoms with Gasteiger partial charge < -0.3 is 4.90 Å². The van der Waals surface area contributed by atoms with Crippen molar-refractivity contribution in [2.24, 2.45) is 0 Å². The third-order valence-corrected chi connectivity index (χ3v) is 7.97. The molecule has 0 unspecified atom stereocenters. The van der Waals surface area contributed by atoms with Crippen molar-refractivity contribution in [2.45, 2.75) is 26.4 Å². The fraction of sp³-hybridized carbons (Fsp3) is 0.435. The van der Waals surface area contributed by atoms with Crippen molar-refractivity contribution in [3.63, 3.8) is 0 Å². The SMILES string of the molecule is CCS(=O)(=O)N1CCN(Cc2cccc(C(=O)N3CCc4ccccc4C3)c2)CC1. The number of sulfonamides is 1. The van der Waals surface area contributed by atoms with E-state index in [0.29, 0.717) is 32.7 Å². The highest BCUT2D eigenvalue weighted by Crippen LogP contribution is 2.21. The number of hydrogen-bond acceptors (Lipinski definition) is 4. The van der Waals surface area contributed by atoms with Crippen LogP contribution in [0.15, 0.2) is 48.5 Å². The average molecular weight is 428 g/mol. The zero-order valence-electron chi connectivity index (χ0n) is 17.5. The minimum Gasteiger partial charge on any atom is -0.334 e. The molecular formula is C23H29N3O3S. The molecule has 2 aromatic carbocycles. The maximum atomic E-state index is 13.1. The summed E-state index contributed by atoms with van der Waals surface area (Å²) in [6.07, 6.45) is 0.895. The van der Waals surface area contributed by atoms with Crippen LogP contribution in [0.3, 0.4) is 0 Å². The van der Waals surface area contributed by atoms with Crippen LogP contribution in [0, 0.1) is 0 Å². The van der Waals surface area contributed by atoms with Gasteiger partial charge in [0.05, 0.1) is 5.75 Å². The third kappa shape index (κ3) is 4.58. The minimum absolute atomic E-state index is 0.0743. The van der Waals surface area contributed by atoms with Crippen LogP contribution in [0.5, 0.6) is 0 Å². The van der Waals surface area contributed by atoms with Gasteiger partial charge in [-0.2, -0.15) is 4.31 Å². The summed E-state index contributed by atoms with van der Waals surface area (Å²) in [7, 11) is -3.11. The molecule has 160 valence electrons. The monoisotopic (exact) mass is 427 g/mol. The van der Waals surface area contributed by atoms with Gasteiger partial charge in [0.1, 0.15) is 0 Å². The van der Waals surface area contributed by atoms with Crippen LogP contribution in [0.4, 0.5) is 0 Å². The van der Waals surface area contributed by atoms with Crippen molar-refractivity contribution < 1.29 is 13.2 Å². The minimum atomic E-state index is -3.11. The Bertz CT molecular complexity index is 1010. The number of rotatable bonds is 5. The molecule has 0 radical (unpaired) electrons. The highest BCUT2D eigenvalue weighted by atomic mass is 32.2. The van der Waals surface area contributed by atoms with Crippen molar-refractivity contribution in [1.29, 1.82) is 0 Å². The molecule has 0 aliphatic carbocycles. The summed E-state index contributed by atoms with van der Waals surface area (Å²) in [4.78, 5) is 17.3. The van der Waals surface area contributed by atoms with Gasteiger partial charge in [-0.15, -0.1) is 0 Å². The normalized spacial score (nSPS) is 18.2. The van der Waals surface area contributed by atoms with Gasteiger partial charge in [0.15, 0.2) is 0 Å². The van der Waals surface area contributed by atoms with Gasteiger partial charge in [0.25, 0.3) is 5.91 Å². The molecule has 0 atom stereocenters. The molecule has 1 amide bonds. The molecule has 2 heterocycles. The second-order valence-corrected chi connectivity index (χ2v) is 10.3. The lowest BCUT2D eigenvalue weighted by atomic mass is 9.99. The summed E-state index contributed by atoms with van der Waals surface area (Å²) in [5, 5.41) is 0. The van der Waals surface area contributed by atoms with Crippen molar-refractivity contribution >= 4 is 15.9 Å². The molecule has 0 spiro atoms. The second-order valence-electron chi connectivity index (χ2n) is 8.02. The molecule has 4 rings (SSSR count). The number of piperazine rings is 1. The van der Waals surface area contributed by atoms with E-state index in [0.717, 1.165) is 30.6 Å². The predicted octanol–water partition coefficient (Wildman–Crippen LogP) is 2.35. The standard InChI is InChI=1S/C23H29N3O3S/c1-2-30(28,29)26-14-12-24(13-15-26)17-19-6-5-9-21(16-19)23(27)25-11-10-20-7-3-4-8-22(20)18-25/h3-9,16H,2,10-15,17-18H2,1H3. The molecule has 0 N–H and O–H groups in total. The fourth-order valence-corrected chi connectivity index (χ4v) is 5.35. The van der Waals surface area contributed by atoms with Gasteiger partial charge >= 0.3 is 0 Å². The van der Waals surface area contributed by atoms with Gasteiger partial charge in [0, 0.05) is 51.4 Å². The molecule has 6 nitrogen and oxygen atoms in total. The summed E-state index contributed by atoms with van der Waals surface area (Å²) >= 11 is 0. The van der Waals surface area contributed by atoms with Crippen molar-refractivity contribution in [3.05, 3.63) is 70.8 Å². The first-order valence-corrected chi connectivity index (χ1v) is 12.2. The highest BCUT2D eigenvalue weighted by molar-refractivity contribution is 7.89. The van der Waals surface area contributed by atoms with E-state index in [1.165, 1.54) is 11.1 Å². The topological polar surface area (TPSA) is 60.9 Å². The van der Waals surface area contributed by atoms with Gasteiger partial charge in [-0.3, -0.25) is 9.69 Å². The molecule has 2 aliphatic heterocycles. The summed E-state index contributed by atoms with van der Waals surface area (Å²) < 4.78 is 25.6. The van der Waals surface area contributed by atoms with Gasteiger partial charge in [-0.05, 0) is 42.2 Å². The molecule has 2 aromatic rings. The van der Waals surface area contributed by atoms with Crippen LogP contribution in [0.2, 0.25) is 0 Å². The van der Waals surface area contributed by atoms with Crippen LogP contribution in [0.1, 0.15) is 34.0 Å². The number of carbonyl (C=O) groups is 1. The van der Waals surface area contributed by atoms with Crippen LogP contribution >= 0.6 is 0 Å². The Morgan fingerprint density at radius 2 is 1.67 bits per heavy atom. The average Bonchev–Trinajstić information content (AvgIpc) is 2.79. The lowest BCUT2D eigenvalue weighted by Crippen LogP contribution is -2.48. The van der Waals surface area contributed by atoms with E-state index in [1.54, 1.807) is 11.2 Å². The molecule has 1 saturated heterocycles. The predicted molar refractivity (Wildman–Crippen MR) is 118 cm³/mol.